The fourth-order valence-corrected chi connectivity index (χ4v) is 9.24. The molecule has 55 heavy (non-hydrogen) atoms. The zero-order chi connectivity index (χ0) is 39.0. The van der Waals surface area contributed by atoms with Crippen molar-refractivity contribution in [1.82, 2.24) is 35.0 Å². The fourth-order valence-electron chi connectivity index (χ4n) is 8.15. The van der Waals surface area contributed by atoms with E-state index in [4.69, 9.17) is 4.99 Å². The SMILES string of the molecule is CC(=O)N[C@H](C(=O)N1CCCC1C1=NC=C(n2ccc3c(-c4ccc(-c5cnc(C6CCCN6C(=O)[C@@H](NC(=O)CO)C(C)C)[nH]5)cc4)csc32)C1)C(C)C. The Kier molecular flexibility index (Phi) is 11.1. The second kappa shape index (κ2) is 16.0. The molecular weight excluding hydrogens is 717 g/mol. The van der Waals surface area contributed by atoms with E-state index in [1.54, 1.807) is 22.4 Å². The van der Waals surface area contributed by atoms with Gasteiger partial charge in [0.25, 0.3) is 0 Å². The summed E-state index contributed by atoms with van der Waals surface area (Å²) in [6.45, 7) is 9.71. The average molecular weight is 767 g/mol. The Morgan fingerprint density at radius 3 is 2.20 bits per heavy atom. The highest BCUT2D eigenvalue weighted by Crippen LogP contribution is 2.39. The molecule has 2 fully saturated rings. The number of H-pyrrole nitrogens is 1. The number of hydrogen-bond donors (Lipinski definition) is 4. The summed E-state index contributed by atoms with van der Waals surface area (Å²) in [5.41, 5.74) is 6.14. The van der Waals surface area contributed by atoms with E-state index in [9.17, 15) is 24.3 Å². The van der Waals surface area contributed by atoms with Gasteiger partial charge in [-0.15, -0.1) is 11.3 Å². The van der Waals surface area contributed by atoms with E-state index in [-0.39, 0.29) is 41.6 Å². The van der Waals surface area contributed by atoms with E-state index in [1.165, 1.54) is 6.92 Å². The molecule has 3 aliphatic rings. The Morgan fingerprint density at radius 2 is 1.55 bits per heavy atom. The van der Waals surface area contributed by atoms with Crippen molar-refractivity contribution in [3.05, 3.63) is 60.1 Å². The van der Waals surface area contributed by atoms with Gasteiger partial charge < -0.3 is 35.1 Å². The first-order valence-corrected chi connectivity index (χ1v) is 20.1. The van der Waals surface area contributed by atoms with Crippen LogP contribution in [0.5, 0.6) is 0 Å². The van der Waals surface area contributed by atoms with Crippen LogP contribution in [0.4, 0.5) is 0 Å². The van der Waals surface area contributed by atoms with E-state index >= 15 is 0 Å². The number of aliphatic imine (C=N–C) groups is 1. The molecule has 2 unspecified atom stereocenters. The van der Waals surface area contributed by atoms with Crippen LogP contribution in [-0.2, 0) is 19.2 Å². The lowest BCUT2D eigenvalue weighted by Crippen LogP contribution is -2.53. The number of aliphatic hydroxyl groups excluding tert-OH is 1. The normalized spacial score (nSPS) is 19.6. The number of thiophene rings is 1. The molecule has 2 saturated heterocycles. The summed E-state index contributed by atoms with van der Waals surface area (Å²) in [6, 6.07) is 8.97. The maximum absolute atomic E-state index is 13.6. The Balaban J connectivity index is 1.02. The molecule has 290 valence electrons. The molecule has 13 nitrogen and oxygen atoms in total. The van der Waals surface area contributed by atoms with Gasteiger partial charge in [-0.05, 0) is 54.7 Å². The number of nitrogens with one attached hydrogen (secondary N) is 3. The lowest BCUT2D eigenvalue weighted by Gasteiger charge is -2.31. The number of rotatable bonds is 12. The number of nitrogens with zero attached hydrogens (tertiary/aromatic N) is 5. The molecule has 0 spiro atoms. The number of benzene rings is 1. The van der Waals surface area contributed by atoms with Gasteiger partial charge in [-0.2, -0.15) is 0 Å². The summed E-state index contributed by atoms with van der Waals surface area (Å²) < 4.78 is 2.21. The van der Waals surface area contributed by atoms with Crippen LogP contribution in [0.15, 0.2) is 59.3 Å². The molecule has 0 saturated carbocycles. The number of aliphatic hydroxyl groups is 1. The molecule has 14 heteroatoms. The highest BCUT2D eigenvalue weighted by Gasteiger charge is 2.39. The van der Waals surface area contributed by atoms with Crippen LogP contribution in [0.3, 0.4) is 0 Å². The predicted octanol–water partition coefficient (Wildman–Crippen LogP) is 5.35. The monoisotopic (exact) mass is 766 g/mol. The number of aromatic amines is 1. The van der Waals surface area contributed by atoms with Crippen LogP contribution in [0.2, 0.25) is 0 Å². The summed E-state index contributed by atoms with van der Waals surface area (Å²) in [7, 11) is 0. The Morgan fingerprint density at radius 1 is 0.909 bits per heavy atom. The molecule has 4 N–H and O–H groups in total. The van der Waals surface area contributed by atoms with Crippen molar-refractivity contribution < 1.29 is 24.3 Å². The van der Waals surface area contributed by atoms with E-state index in [1.807, 2.05) is 38.8 Å². The second-order valence-electron chi connectivity index (χ2n) is 15.5. The van der Waals surface area contributed by atoms with Gasteiger partial charge in [-0.25, -0.2) is 4.98 Å². The summed E-state index contributed by atoms with van der Waals surface area (Å²) in [5, 5.41) is 18.1. The highest BCUT2D eigenvalue weighted by molar-refractivity contribution is 7.17. The van der Waals surface area contributed by atoms with Crippen LogP contribution in [0, 0.1) is 11.8 Å². The predicted molar refractivity (Wildman–Crippen MR) is 214 cm³/mol. The van der Waals surface area contributed by atoms with Crippen LogP contribution in [0.25, 0.3) is 38.3 Å². The van der Waals surface area contributed by atoms with Crippen molar-refractivity contribution in [2.45, 2.75) is 90.9 Å². The molecule has 1 aromatic carbocycles. The molecule has 0 aliphatic carbocycles. The summed E-state index contributed by atoms with van der Waals surface area (Å²) >= 11 is 1.69. The molecule has 3 aromatic heterocycles. The molecule has 4 atom stereocenters. The number of carbonyl (C=O) groups excluding carboxylic acids is 4. The molecule has 4 amide bonds. The highest BCUT2D eigenvalue weighted by atomic mass is 32.1. The number of hydrogen-bond acceptors (Lipinski definition) is 8. The standard InChI is InChI=1S/C41H50N8O5S/c1-23(2)36(44-25(5)51)39(53)48-15-6-8-33(48)31-18-28(19-42-31)47-17-14-29-30(22-55-41(29)47)26-10-12-27(13-11-26)32-20-43-38(45-32)34-9-7-16-49(34)40(54)37(24(3)4)46-35(52)21-50/h10-14,17,19-20,22-24,33-34,36-37,50H,6-9,15-16,18,21H2,1-5H3,(H,43,45)(H,44,51)(H,46,52)/t33?,34?,36-,37-/m0/s1. The van der Waals surface area contributed by atoms with Gasteiger partial charge in [0.05, 0.1) is 24.0 Å². The van der Waals surface area contributed by atoms with Gasteiger partial charge in [0.1, 0.15) is 29.3 Å². The zero-order valence-corrected chi connectivity index (χ0v) is 32.9. The van der Waals surface area contributed by atoms with Crippen molar-refractivity contribution in [3.63, 3.8) is 0 Å². The topological polar surface area (TPSA) is 165 Å². The lowest BCUT2D eigenvalue weighted by molar-refractivity contribution is -0.139. The van der Waals surface area contributed by atoms with Crippen LogP contribution >= 0.6 is 11.3 Å². The largest absolute Gasteiger partial charge is 0.387 e. The van der Waals surface area contributed by atoms with Crippen molar-refractivity contribution in [2.24, 2.45) is 16.8 Å². The van der Waals surface area contributed by atoms with Crippen LogP contribution in [-0.4, -0.2) is 96.6 Å². The van der Waals surface area contributed by atoms with Crippen molar-refractivity contribution >= 4 is 56.6 Å². The minimum Gasteiger partial charge on any atom is -0.387 e. The van der Waals surface area contributed by atoms with E-state index in [2.05, 4.69) is 67.1 Å². The van der Waals surface area contributed by atoms with Crippen molar-refractivity contribution in [2.75, 3.05) is 19.7 Å². The first-order chi connectivity index (χ1) is 26.4. The molecule has 3 aliphatic heterocycles. The summed E-state index contributed by atoms with van der Waals surface area (Å²) in [6.07, 6.45) is 9.86. The smallest absolute Gasteiger partial charge is 0.246 e. The Bertz CT molecular complexity index is 2140. The fraction of sp³-hybridized carbons (Fsp3) is 0.463. The number of likely N-dealkylation sites (tertiary alicyclic amines) is 2. The number of imidazole rings is 1. The first kappa shape index (κ1) is 38.2. The maximum Gasteiger partial charge on any atom is 0.246 e. The minimum atomic E-state index is -0.718. The summed E-state index contributed by atoms with van der Waals surface area (Å²) in [4.78, 5) is 68.7. The van der Waals surface area contributed by atoms with Crippen molar-refractivity contribution in [3.8, 4) is 22.4 Å². The molecular formula is C41H50N8O5S. The first-order valence-electron chi connectivity index (χ1n) is 19.2. The number of aromatic nitrogens is 3. The maximum atomic E-state index is 13.6. The van der Waals surface area contributed by atoms with Gasteiger partial charge in [-0.3, -0.25) is 24.2 Å². The van der Waals surface area contributed by atoms with Crippen LogP contribution < -0.4 is 10.6 Å². The number of fused-ring (bicyclic) bond motifs is 1. The van der Waals surface area contributed by atoms with E-state index in [0.29, 0.717) is 25.3 Å². The lowest BCUT2D eigenvalue weighted by atomic mass is 10.0. The second-order valence-corrected chi connectivity index (χ2v) is 16.3. The van der Waals surface area contributed by atoms with Crippen LogP contribution in [0.1, 0.15) is 78.6 Å². The quantitative estimate of drug-likeness (QED) is 0.152. The third-order valence-electron chi connectivity index (χ3n) is 11.0. The number of carbonyl (C=O) groups is 4. The third kappa shape index (κ3) is 7.62. The van der Waals surface area contributed by atoms with E-state index in [0.717, 1.165) is 69.7 Å². The van der Waals surface area contributed by atoms with Gasteiger partial charge >= 0.3 is 0 Å². The van der Waals surface area contributed by atoms with Crippen molar-refractivity contribution in [1.29, 1.82) is 0 Å². The third-order valence-corrected chi connectivity index (χ3v) is 12.0. The molecule has 0 radical (unpaired) electrons. The Hall–Kier alpha value is -5.08. The molecule has 6 heterocycles. The van der Waals surface area contributed by atoms with Gasteiger partial charge in [0, 0.05) is 66.6 Å². The van der Waals surface area contributed by atoms with Gasteiger partial charge in [0.2, 0.25) is 23.6 Å². The number of amides is 4. The average Bonchev–Trinajstić information content (AvgIpc) is 4.01. The Labute approximate surface area is 324 Å². The minimum absolute atomic E-state index is 0.0145. The summed E-state index contributed by atoms with van der Waals surface area (Å²) in [5.74, 6) is -0.400. The van der Waals surface area contributed by atoms with Gasteiger partial charge in [0.15, 0.2) is 0 Å². The molecule has 4 aromatic rings. The molecule has 7 rings (SSSR count). The van der Waals surface area contributed by atoms with Gasteiger partial charge in [-0.1, -0.05) is 52.0 Å². The zero-order valence-electron chi connectivity index (χ0n) is 32.0. The molecule has 0 bridgehead atoms. The number of allylic oxidation sites excluding steroid dienone is 1. The van der Waals surface area contributed by atoms with E-state index < -0.39 is 24.6 Å².